The summed E-state index contributed by atoms with van der Waals surface area (Å²) in [6, 6.07) is 4.80. The predicted molar refractivity (Wildman–Crippen MR) is 74.1 cm³/mol. The van der Waals surface area contributed by atoms with E-state index in [1.165, 1.54) is 4.90 Å². The van der Waals surface area contributed by atoms with Crippen LogP contribution >= 0.6 is 23.2 Å². The highest BCUT2D eigenvalue weighted by atomic mass is 35.5. The summed E-state index contributed by atoms with van der Waals surface area (Å²) in [5, 5.41) is 3.81. The van der Waals surface area contributed by atoms with Crippen LogP contribution in [0.4, 0.5) is 0 Å². The molecule has 4 nitrogen and oxygen atoms in total. The lowest BCUT2D eigenvalue weighted by Crippen LogP contribution is -2.42. The van der Waals surface area contributed by atoms with Crippen molar-refractivity contribution >= 4 is 35.0 Å². The SMILES string of the molecule is CN1C(=O)CCC1C(=O)NCc1c(Cl)cccc1Cl. The van der Waals surface area contributed by atoms with E-state index in [4.69, 9.17) is 23.2 Å². The smallest absolute Gasteiger partial charge is 0.243 e. The van der Waals surface area contributed by atoms with Crippen molar-refractivity contribution in [2.45, 2.75) is 25.4 Å². The van der Waals surface area contributed by atoms with E-state index in [9.17, 15) is 9.59 Å². The van der Waals surface area contributed by atoms with Crippen molar-refractivity contribution < 1.29 is 9.59 Å². The highest BCUT2D eigenvalue weighted by molar-refractivity contribution is 6.36. The molecule has 0 aromatic heterocycles. The van der Waals surface area contributed by atoms with Gasteiger partial charge in [0.15, 0.2) is 0 Å². The molecule has 0 spiro atoms. The van der Waals surface area contributed by atoms with E-state index in [-0.39, 0.29) is 18.4 Å². The summed E-state index contributed by atoms with van der Waals surface area (Å²) < 4.78 is 0. The van der Waals surface area contributed by atoms with E-state index < -0.39 is 6.04 Å². The molecular weight excluding hydrogens is 287 g/mol. The van der Waals surface area contributed by atoms with Crippen LogP contribution in [-0.2, 0) is 16.1 Å². The van der Waals surface area contributed by atoms with E-state index in [1.807, 2.05) is 0 Å². The molecule has 2 rings (SSSR count). The van der Waals surface area contributed by atoms with Crippen LogP contribution in [-0.4, -0.2) is 29.8 Å². The molecule has 19 heavy (non-hydrogen) atoms. The normalized spacial score (nSPS) is 18.8. The Morgan fingerprint density at radius 1 is 1.42 bits per heavy atom. The number of halogens is 2. The molecule has 1 aromatic carbocycles. The molecule has 6 heteroatoms. The highest BCUT2D eigenvalue weighted by Gasteiger charge is 2.32. The minimum absolute atomic E-state index is 0.00377. The molecule has 1 unspecified atom stereocenters. The van der Waals surface area contributed by atoms with Crippen molar-refractivity contribution in [2.24, 2.45) is 0 Å². The Kier molecular flexibility index (Phi) is 4.32. The second kappa shape index (κ2) is 5.80. The fraction of sp³-hybridized carbons (Fsp3) is 0.385. The number of nitrogens with zero attached hydrogens (tertiary/aromatic N) is 1. The lowest BCUT2D eigenvalue weighted by molar-refractivity contribution is -0.133. The van der Waals surface area contributed by atoms with E-state index in [0.717, 1.165) is 0 Å². The average Bonchev–Trinajstić information content (AvgIpc) is 2.69. The molecule has 1 aliphatic rings. The maximum absolute atomic E-state index is 12.0. The van der Waals surface area contributed by atoms with E-state index in [2.05, 4.69) is 5.32 Å². The minimum Gasteiger partial charge on any atom is -0.350 e. The van der Waals surface area contributed by atoms with Gasteiger partial charge in [-0.15, -0.1) is 0 Å². The molecular formula is C13H14Cl2N2O2. The number of hydrogen-bond acceptors (Lipinski definition) is 2. The second-order valence-corrected chi connectivity index (χ2v) is 5.29. The van der Waals surface area contributed by atoms with Crippen molar-refractivity contribution in [2.75, 3.05) is 7.05 Å². The van der Waals surface area contributed by atoms with Crippen LogP contribution in [0.1, 0.15) is 18.4 Å². The Bertz CT molecular complexity index is 499. The summed E-state index contributed by atoms with van der Waals surface area (Å²) in [4.78, 5) is 24.9. The van der Waals surface area contributed by atoms with Gasteiger partial charge >= 0.3 is 0 Å². The van der Waals surface area contributed by atoms with Gasteiger partial charge in [0, 0.05) is 35.6 Å². The van der Waals surface area contributed by atoms with Crippen LogP contribution in [0, 0.1) is 0 Å². The Hall–Kier alpha value is -1.26. The summed E-state index contributed by atoms with van der Waals surface area (Å²) in [7, 11) is 1.64. The zero-order chi connectivity index (χ0) is 14.0. The quantitative estimate of drug-likeness (QED) is 0.930. The maximum Gasteiger partial charge on any atom is 0.243 e. The maximum atomic E-state index is 12.0. The van der Waals surface area contributed by atoms with Crippen LogP contribution in [0.15, 0.2) is 18.2 Å². The summed E-state index contributed by atoms with van der Waals surface area (Å²) in [5.41, 5.74) is 0.686. The predicted octanol–water partition coefficient (Wildman–Crippen LogP) is 2.23. The standard InChI is InChI=1S/C13H14Cl2N2O2/c1-17-11(5-6-12(17)18)13(19)16-7-8-9(14)3-2-4-10(8)15/h2-4,11H,5-7H2,1H3,(H,16,19). The van der Waals surface area contributed by atoms with E-state index >= 15 is 0 Å². The Labute approximate surface area is 121 Å². The molecule has 1 fully saturated rings. The van der Waals surface area contributed by atoms with Gasteiger partial charge in [-0.1, -0.05) is 29.3 Å². The van der Waals surface area contributed by atoms with Gasteiger partial charge in [0.05, 0.1) is 0 Å². The molecule has 0 bridgehead atoms. The molecule has 0 radical (unpaired) electrons. The van der Waals surface area contributed by atoms with Crippen LogP contribution in [0.2, 0.25) is 10.0 Å². The molecule has 1 saturated heterocycles. The third kappa shape index (κ3) is 3.01. The fourth-order valence-electron chi connectivity index (χ4n) is 2.11. The summed E-state index contributed by atoms with van der Waals surface area (Å²) >= 11 is 12.0. The molecule has 1 aromatic rings. The molecule has 2 amide bonds. The Morgan fingerprint density at radius 3 is 2.58 bits per heavy atom. The molecule has 1 aliphatic heterocycles. The largest absolute Gasteiger partial charge is 0.350 e. The van der Waals surface area contributed by atoms with Gasteiger partial charge in [-0.05, 0) is 18.6 Å². The number of hydrogen-bond donors (Lipinski definition) is 1. The summed E-state index contributed by atoms with van der Waals surface area (Å²) in [6.45, 7) is 0.260. The number of nitrogens with one attached hydrogen (secondary N) is 1. The van der Waals surface area contributed by atoms with Gasteiger partial charge in [-0.2, -0.15) is 0 Å². The zero-order valence-corrected chi connectivity index (χ0v) is 12.0. The number of likely N-dealkylation sites (tertiary alicyclic amines) is 1. The van der Waals surface area contributed by atoms with Crippen LogP contribution < -0.4 is 5.32 Å². The number of benzene rings is 1. The Balaban J connectivity index is 1.99. The number of rotatable bonds is 3. The number of carbonyl (C=O) groups excluding carboxylic acids is 2. The molecule has 102 valence electrons. The molecule has 1 N–H and O–H groups in total. The minimum atomic E-state index is -0.395. The lowest BCUT2D eigenvalue weighted by atomic mass is 10.2. The van der Waals surface area contributed by atoms with Gasteiger partial charge in [0.1, 0.15) is 6.04 Å². The lowest BCUT2D eigenvalue weighted by Gasteiger charge is -2.19. The fourth-order valence-corrected chi connectivity index (χ4v) is 2.64. The van der Waals surface area contributed by atoms with Crippen molar-refractivity contribution in [1.29, 1.82) is 0 Å². The zero-order valence-electron chi connectivity index (χ0n) is 10.5. The first-order valence-corrected chi connectivity index (χ1v) is 6.72. The average molecular weight is 301 g/mol. The second-order valence-electron chi connectivity index (χ2n) is 4.48. The number of likely N-dealkylation sites (N-methyl/N-ethyl adjacent to an activating group) is 1. The van der Waals surface area contributed by atoms with Crippen LogP contribution in [0.5, 0.6) is 0 Å². The van der Waals surface area contributed by atoms with E-state index in [0.29, 0.717) is 28.5 Å². The summed E-state index contributed by atoms with van der Waals surface area (Å²) in [6.07, 6.45) is 0.971. The third-order valence-corrected chi connectivity index (χ3v) is 4.00. The Morgan fingerprint density at radius 2 is 2.05 bits per heavy atom. The number of amides is 2. The van der Waals surface area contributed by atoms with Gasteiger partial charge in [-0.3, -0.25) is 9.59 Å². The van der Waals surface area contributed by atoms with Crippen molar-refractivity contribution in [3.05, 3.63) is 33.8 Å². The summed E-state index contributed by atoms with van der Waals surface area (Å²) in [5.74, 6) is -0.180. The number of carbonyl (C=O) groups is 2. The molecule has 1 atom stereocenters. The van der Waals surface area contributed by atoms with Crippen LogP contribution in [0.3, 0.4) is 0 Å². The van der Waals surface area contributed by atoms with Gasteiger partial charge in [0.25, 0.3) is 0 Å². The first kappa shape index (κ1) is 14.2. The molecule has 0 saturated carbocycles. The van der Waals surface area contributed by atoms with Gasteiger partial charge in [0.2, 0.25) is 11.8 Å². The van der Waals surface area contributed by atoms with Gasteiger partial charge in [-0.25, -0.2) is 0 Å². The monoisotopic (exact) mass is 300 g/mol. The van der Waals surface area contributed by atoms with Gasteiger partial charge < -0.3 is 10.2 Å². The molecule has 0 aliphatic carbocycles. The van der Waals surface area contributed by atoms with Crippen molar-refractivity contribution in [3.8, 4) is 0 Å². The van der Waals surface area contributed by atoms with E-state index in [1.54, 1.807) is 25.2 Å². The van der Waals surface area contributed by atoms with Crippen molar-refractivity contribution in [3.63, 3.8) is 0 Å². The topological polar surface area (TPSA) is 49.4 Å². The third-order valence-electron chi connectivity index (χ3n) is 3.30. The first-order chi connectivity index (χ1) is 9.00. The molecule has 1 heterocycles. The first-order valence-electron chi connectivity index (χ1n) is 5.97. The highest BCUT2D eigenvalue weighted by Crippen LogP contribution is 2.24. The van der Waals surface area contributed by atoms with Crippen molar-refractivity contribution in [1.82, 2.24) is 10.2 Å². The van der Waals surface area contributed by atoms with Crippen LogP contribution in [0.25, 0.3) is 0 Å².